The number of hydrogen-bond acceptors (Lipinski definition) is 3. The van der Waals surface area contributed by atoms with Crippen molar-refractivity contribution in [2.24, 2.45) is 0 Å². The molecular weight excluding hydrogens is 244 g/mol. The van der Waals surface area contributed by atoms with Gasteiger partial charge in [-0.3, -0.25) is 9.35 Å². The van der Waals surface area contributed by atoms with Crippen molar-refractivity contribution in [1.29, 1.82) is 0 Å². The van der Waals surface area contributed by atoms with E-state index >= 15 is 0 Å². The van der Waals surface area contributed by atoms with Crippen LogP contribution in [-0.2, 0) is 10.1 Å². The van der Waals surface area contributed by atoms with Gasteiger partial charge in [-0.2, -0.15) is 13.2 Å². The Balaban J connectivity index is 2.83. The molecule has 0 aromatic heterocycles. The molecule has 17 heavy (non-hydrogen) atoms. The number of carbonyl (C=O) groups is 1. The van der Waals surface area contributed by atoms with Gasteiger partial charge in [-0.15, -0.1) is 0 Å². The predicted molar refractivity (Wildman–Crippen MR) is 58.9 cm³/mol. The van der Waals surface area contributed by atoms with Crippen molar-refractivity contribution in [3.8, 4) is 0 Å². The van der Waals surface area contributed by atoms with Crippen LogP contribution in [0.2, 0.25) is 0 Å². The molecule has 0 unspecified atom stereocenters. The standard InChI is InChI=1S/C10H6N2O4S/c11-12-9-8(17(14,15)16)5-6-3-1-2-4-7(6)10(9)13/h1-5H,(H,14,15,16). The molecule has 1 aliphatic rings. The van der Waals surface area contributed by atoms with Gasteiger partial charge in [0.25, 0.3) is 5.78 Å². The van der Waals surface area contributed by atoms with Gasteiger partial charge in [-0.1, -0.05) is 24.3 Å². The molecule has 0 amide bonds. The van der Waals surface area contributed by atoms with Crippen LogP contribution < -0.4 is 0 Å². The van der Waals surface area contributed by atoms with Crippen LogP contribution in [-0.4, -0.2) is 29.3 Å². The monoisotopic (exact) mass is 250 g/mol. The van der Waals surface area contributed by atoms with Crippen LogP contribution in [0.5, 0.6) is 0 Å². The largest absolute Gasteiger partial charge is 0.383 e. The first kappa shape index (κ1) is 11.4. The summed E-state index contributed by atoms with van der Waals surface area (Å²) in [7, 11) is -4.61. The first-order valence-corrected chi connectivity index (χ1v) is 5.94. The summed E-state index contributed by atoms with van der Waals surface area (Å²) < 4.78 is 31.1. The van der Waals surface area contributed by atoms with Gasteiger partial charge in [0.05, 0.1) is 0 Å². The number of ketones is 1. The molecule has 1 aromatic rings. The van der Waals surface area contributed by atoms with E-state index in [0.717, 1.165) is 6.08 Å². The Labute approximate surface area is 96.6 Å². The van der Waals surface area contributed by atoms with E-state index in [1.165, 1.54) is 12.1 Å². The van der Waals surface area contributed by atoms with Crippen molar-refractivity contribution in [3.05, 3.63) is 45.8 Å². The van der Waals surface area contributed by atoms with E-state index < -0.39 is 26.5 Å². The normalized spacial score (nSPS) is 15.0. The molecule has 86 valence electrons. The molecule has 0 heterocycles. The highest BCUT2D eigenvalue weighted by Gasteiger charge is 2.38. The molecule has 1 aromatic carbocycles. The van der Waals surface area contributed by atoms with Crippen molar-refractivity contribution in [3.63, 3.8) is 0 Å². The molecule has 0 atom stereocenters. The van der Waals surface area contributed by atoms with Crippen molar-refractivity contribution in [2.75, 3.05) is 0 Å². The number of hydrogen-bond donors (Lipinski definition) is 1. The first-order chi connectivity index (χ1) is 7.95. The first-order valence-electron chi connectivity index (χ1n) is 4.50. The minimum Gasteiger partial charge on any atom is -0.361 e. The molecule has 0 saturated carbocycles. The Hall–Kier alpha value is -2.08. The lowest BCUT2D eigenvalue weighted by atomic mass is 9.95. The molecule has 1 aliphatic carbocycles. The summed E-state index contributed by atoms with van der Waals surface area (Å²) in [6.07, 6.45) is 1.08. The number of Topliss-reactive ketones (excluding diaryl/α,β-unsaturated/α-hetero) is 1. The van der Waals surface area contributed by atoms with Gasteiger partial charge >= 0.3 is 15.8 Å². The van der Waals surface area contributed by atoms with Gasteiger partial charge in [0.1, 0.15) is 0 Å². The molecule has 0 aliphatic heterocycles. The van der Waals surface area contributed by atoms with Crippen LogP contribution in [0.4, 0.5) is 0 Å². The van der Waals surface area contributed by atoms with E-state index in [4.69, 9.17) is 10.1 Å². The average Bonchev–Trinajstić information content (AvgIpc) is 2.28. The SMILES string of the molecule is [N-]=[N+]=C1C(=O)c2ccccc2C=C1S(=O)(=O)O. The minimum absolute atomic E-state index is 0.215. The molecule has 0 spiro atoms. The number of rotatable bonds is 1. The van der Waals surface area contributed by atoms with Gasteiger partial charge < -0.3 is 5.53 Å². The van der Waals surface area contributed by atoms with Crippen molar-refractivity contribution in [2.45, 2.75) is 0 Å². The Morgan fingerprint density at radius 2 is 1.88 bits per heavy atom. The van der Waals surface area contributed by atoms with E-state index in [2.05, 4.69) is 4.79 Å². The number of allylic oxidation sites excluding steroid dienone is 1. The summed E-state index contributed by atoms with van der Waals surface area (Å²) in [5.41, 5.74) is 8.54. The van der Waals surface area contributed by atoms with Crippen molar-refractivity contribution >= 4 is 27.7 Å². The molecule has 1 N–H and O–H groups in total. The molecule has 0 radical (unpaired) electrons. The minimum atomic E-state index is -4.61. The molecule has 7 heteroatoms. The molecule has 0 fully saturated rings. The zero-order valence-electron chi connectivity index (χ0n) is 8.36. The third-order valence-electron chi connectivity index (χ3n) is 2.32. The van der Waals surface area contributed by atoms with Gasteiger partial charge in [0.15, 0.2) is 4.91 Å². The lowest BCUT2D eigenvalue weighted by Crippen LogP contribution is -2.26. The van der Waals surface area contributed by atoms with E-state index in [-0.39, 0.29) is 5.56 Å². The summed E-state index contributed by atoms with van der Waals surface area (Å²) in [5, 5.41) is 0. The van der Waals surface area contributed by atoms with Gasteiger partial charge in [0.2, 0.25) is 0 Å². The van der Waals surface area contributed by atoms with E-state index in [1.807, 2.05) is 0 Å². The quantitative estimate of drug-likeness (QED) is 0.451. The predicted octanol–water partition coefficient (Wildman–Crippen LogP) is 0.782. The number of fused-ring (bicyclic) bond motifs is 1. The smallest absolute Gasteiger partial charge is 0.361 e. The van der Waals surface area contributed by atoms with Gasteiger partial charge in [0, 0.05) is 5.56 Å². The summed E-state index contributed by atoms with van der Waals surface area (Å²) in [6.45, 7) is 0. The van der Waals surface area contributed by atoms with Crippen LogP contribution in [0.1, 0.15) is 15.9 Å². The lowest BCUT2D eigenvalue weighted by Gasteiger charge is -2.09. The van der Waals surface area contributed by atoms with Crippen LogP contribution >= 0.6 is 0 Å². The summed E-state index contributed by atoms with van der Waals surface area (Å²) in [4.78, 5) is 13.7. The lowest BCUT2D eigenvalue weighted by molar-refractivity contribution is -0.00479. The topological polar surface area (TPSA) is 108 Å². The highest BCUT2D eigenvalue weighted by atomic mass is 32.2. The number of carbonyl (C=O) groups excluding carboxylic acids is 1. The van der Waals surface area contributed by atoms with Crippen molar-refractivity contribution < 1.29 is 22.6 Å². The summed E-state index contributed by atoms with van der Waals surface area (Å²) in [6, 6.07) is 6.20. The maximum atomic E-state index is 11.8. The second kappa shape index (κ2) is 3.74. The van der Waals surface area contributed by atoms with Crippen molar-refractivity contribution in [1.82, 2.24) is 0 Å². The maximum absolute atomic E-state index is 11.8. The zero-order valence-corrected chi connectivity index (χ0v) is 9.18. The zero-order chi connectivity index (χ0) is 12.6. The highest BCUT2D eigenvalue weighted by molar-refractivity contribution is 7.91. The number of nitrogens with zero attached hydrogens (tertiary/aromatic N) is 2. The third kappa shape index (κ3) is 1.83. The fourth-order valence-electron chi connectivity index (χ4n) is 1.57. The van der Waals surface area contributed by atoms with E-state index in [9.17, 15) is 13.2 Å². The highest BCUT2D eigenvalue weighted by Crippen LogP contribution is 2.24. The Kier molecular flexibility index (Phi) is 2.51. The third-order valence-corrected chi connectivity index (χ3v) is 3.19. The maximum Gasteiger partial charge on any atom is 0.383 e. The Bertz CT molecular complexity index is 697. The average molecular weight is 250 g/mol. The molecule has 0 bridgehead atoms. The molecule has 6 nitrogen and oxygen atoms in total. The Morgan fingerprint density at radius 3 is 2.47 bits per heavy atom. The molecule has 0 saturated heterocycles. The Morgan fingerprint density at radius 1 is 1.24 bits per heavy atom. The van der Waals surface area contributed by atoms with Crippen LogP contribution in [0.15, 0.2) is 29.2 Å². The fourth-order valence-corrected chi connectivity index (χ4v) is 2.22. The second-order valence-electron chi connectivity index (χ2n) is 3.35. The second-order valence-corrected chi connectivity index (χ2v) is 4.74. The fraction of sp³-hybridized carbons (Fsp3) is 0. The van der Waals surface area contributed by atoms with Gasteiger partial charge in [-0.05, 0) is 11.6 Å². The summed E-state index contributed by atoms with van der Waals surface area (Å²) >= 11 is 0. The number of benzene rings is 1. The van der Waals surface area contributed by atoms with Crippen LogP contribution in [0, 0.1) is 0 Å². The van der Waals surface area contributed by atoms with E-state index in [1.54, 1.807) is 12.1 Å². The molecular formula is C10H6N2O4S. The van der Waals surface area contributed by atoms with Crippen LogP contribution in [0.25, 0.3) is 11.6 Å². The molecule has 2 rings (SSSR count). The van der Waals surface area contributed by atoms with E-state index in [0.29, 0.717) is 5.56 Å². The summed E-state index contributed by atoms with van der Waals surface area (Å²) in [5.74, 6) is -0.752. The van der Waals surface area contributed by atoms with Crippen LogP contribution in [0.3, 0.4) is 0 Å². The van der Waals surface area contributed by atoms with Gasteiger partial charge in [-0.25, -0.2) is 0 Å².